The molecule has 10 nitrogen and oxygen atoms in total. The van der Waals surface area contributed by atoms with E-state index in [4.69, 9.17) is 9.47 Å². The fourth-order valence-electron chi connectivity index (χ4n) is 6.15. The summed E-state index contributed by atoms with van der Waals surface area (Å²) in [4.78, 5) is 53.1. The van der Waals surface area contributed by atoms with Crippen molar-refractivity contribution in [2.75, 3.05) is 39.4 Å². The number of benzene rings is 1. The molecule has 2 atom stereocenters. The van der Waals surface area contributed by atoms with Gasteiger partial charge in [0, 0.05) is 38.0 Å². The van der Waals surface area contributed by atoms with Crippen LogP contribution in [0.3, 0.4) is 0 Å². The number of morpholine rings is 1. The smallest absolute Gasteiger partial charge is 0.255 e. The predicted octanol–water partition coefficient (Wildman–Crippen LogP) is 0.711. The van der Waals surface area contributed by atoms with Crippen molar-refractivity contribution in [1.29, 1.82) is 0 Å². The topological polar surface area (TPSA) is 108 Å². The van der Waals surface area contributed by atoms with Gasteiger partial charge in [-0.3, -0.25) is 24.5 Å². The third-order valence-corrected chi connectivity index (χ3v) is 8.25. The Morgan fingerprint density at radius 1 is 1.05 bits per heavy atom. The first-order valence-corrected chi connectivity index (χ1v) is 13.4. The summed E-state index contributed by atoms with van der Waals surface area (Å²) < 4.78 is 14.2. The number of rotatable bonds is 4. The van der Waals surface area contributed by atoms with Gasteiger partial charge in [0.2, 0.25) is 17.7 Å². The highest BCUT2D eigenvalue weighted by Gasteiger charge is 2.44. The van der Waals surface area contributed by atoms with Gasteiger partial charge >= 0.3 is 0 Å². The Hall–Kier alpha value is -3.27. The summed E-state index contributed by atoms with van der Waals surface area (Å²) in [7, 11) is 0. The lowest BCUT2D eigenvalue weighted by Crippen LogP contribution is -2.55. The normalized spacial score (nSPS) is 28.1. The zero-order valence-electron chi connectivity index (χ0n) is 20.9. The molecule has 0 spiro atoms. The molecular formula is C27H33N4O6+. The molecule has 0 radical (unpaired) electrons. The van der Waals surface area contributed by atoms with Crippen LogP contribution in [0.1, 0.15) is 54.4 Å². The molecule has 1 aromatic rings. The quantitative estimate of drug-likeness (QED) is 0.473. The minimum atomic E-state index is -0.625. The Morgan fingerprint density at radius 3 is 2.65 bits per heavy atom. The van der Waals surface area contributed by atoms with Crippen LogP contribution < -0.4 is 10.1 Å². The van der Waals surface area contributed by atoms with E-state index in [1.54, 1.807) is 11.0 Å². The Labute approximate surface area is 215 Å². The molecule has 0 aromatic heterocycles. The Morgan fingerprint density at radius 2 is 1.86 bits per heavy atom. The van der Waals surface area contributed by atoms with Crippen LogP contribution in [0.4, 0.5) is 0 Å². The van der Waals surface area contributed by atoms with Crippen molar-refractivity contribution in [2.24, 2.45) is 5.92 Å². The van der Waals surface area contributed by atoms with Crippen molar-refractivity contribution in [1.82, 2.24) is 15.1 Å². The maximum atomic E-state index is 13.0. The Balaban J connectivity index is 1.12. The fraction of sp³-hybridized carbons (Fsp3) is 0.593. The first-order chi connectivity index (χ1) is 18.0. The summed E-state index contributed by atoms with van der Waals surface area (Å²) in [6.45, 7) is 4.41. The minimum absolute atomic E-state index is 0.0393. The molecule has 0 bridgehead atoms. The first-order valence-electron chi connectivity index (χ1n) is 13.4. The van der Waals surface area contributed by atoms with Gasteiger partial charge in [0.1, 0.15) is 11.8 Å². The minimum Gasteiger partial charge on any atom is -0.480 e. The van der Waals surface area contributed by atoms with Crippen molar-refractivity contribution < 1.29 is 33.2 Å². The largest absolute Gasteiger partial charge is 0.480 e. The molecule has 4 amide bonds. The SMILES string of the molecule is O=C1CCC(N2Cc3cc(O[C@H]4CCCCC4=[N+]4CC(C(=O)N5CCOCC5)C4)ccc3C2=O)C(=O)N1. The Kier molecular flexibility index (Phi) is 6.44. The van der Waals surface area contributed by atoms with Crippen LogP contribution in [0.15, 0.2) is 18.2 Å². The summed E-state index contributed by atoms with van der Waals surface area (Å²) in [6, 6.07) is 4.89. The number of hydrogen-bond acceptors (Lipinski definition) is 6. The summed E-state index contributed by atoms with van der Waals surface area (Å²) in [5.41, 5.74) is 2.68. The van der Waals surface area contributed by atoms with Crippen molar-refractivity contribution >= 4 is 29.3 Å². The van der Waals surface area contributed by atoms with Crippen LogP contribution >= 0.6 is 0 Å². The second-order valence-electron chi connectivity index (χ2n) is 10.6. The first kappa shape index (κ1) is 24.1. The highest BCUT2D eigenvalue weighted by molar-refractivity contribution is 6.05. The van der Waals surface area contributed by atoms with Gasteiger partial charge in [-0.05, 0) is 49.4 Å². The van der Waals surface area contributed by atoms with Crippen LogP contribution in [0.5, 0.6) is 5.75 Å². The second-order valence-corrected chi connectivity index (χ2v) is 10.6. The van der Waals surface area contributed by atoms with Gasteiger partial charge in [0.05, 0.1) is 13.2 Å². The van der Waals surface area contributed by atoms with Crippen LogP contribution in [0.25, 0.3) is 0 Å². The third kappa shape index (κ3) is 4.63. The lowest BCUT2D eigenvalue weighted by atomic mass is 9.91. The molecule has 4 heterocycles. The number of piperidine rings is 1. The number of amides is 4. The molecule has 5 aliphatic rings. The predicted molar refractivity (Wildman–Crippen MR) is 131 cm³/mol. The highest BCUT2D eigenvalue weighted by Crippen LogP contribution is 2.32. The standard InChI is InChI=1S/C27H32N4O6/c32-24-8-7-22(25(33)28-24)31-16-17-13-19(5-6-20(17)27(31)35)37-23-4-2-1-3-21(23)30-14-18(15-30)26(34)29-9-11-36-12-10-29/h5-6,13,18,22-23H,1-4,7-12,14-16H2/p+1/t18?,22?,23-/m0/s1. The summed E-state index contributed by atoms with van der Waals surface area (Å²) in [5.74, 6) is 0.102. The monoisotopic (exact) mass is 509 g/mol. The van der Waals surface area contributed by atoms with E-state index in [0.29, 0.717) is 50.6 Å². The molecule has 196 valence electrons. The van der Waals surface area contributed by atoms with Crippen LogP contribution in [-0.4, -0.2) is 95.3 Å². The van der Waals surface area contributed by atoms with E-state index >= 15 is 0 Å². The fourth-order valence-corrected chi connectivity index (χ4v) is 6.15. The maximum absolute atomic E-state index is 13.0. The molecule has 3 saturated heterocycles. The third-order valence-electron chi connectivity index (χ3n) is 8.25. The van der Waals surface area contributed by atoms with E-state index in [1.165, 1.54) is 5.71 Å². The van der Waals surface area contributed by atoms with Crippen molar-refractivity contribution in [3.05, 3.63) is 29.3 Å². The van der Waals surface area contributed by atoms with E-state index in [2.05, 4.69) is 9.89 Å². The number of nitrogens with one attached hydrogen (secondary N) is 1. The number of nitrogens with zero attached hydrogens (tertiary/aromatic N) is 3. The van der Waals surface area contributed by atoms with Crippen molar-refractivity contribution in [2.45, 2.75) is 57.2 Å². The molecule has 10 heteroatoms. The van der Waals surface area contributed by atoms with Crippen LogP contribution in [0, 0.1) is 5.92 Å². The Bertz CT molecular complexity index is 1170. The van der Waals surface area contributed by atoms with Crippen LogP contribution in [-0.2, 0) is 25.7 Å². The molecule has 4 aliphatic heterocycles. The van der Waals surface area contributed by atoms with Gasteiger partial charge in [-0.25, -0.2) is 4.58 Å². The van der Waals surface area contributed by atoms with E-state index < -0.39 is 11.9 Å². The van der Waals surface area contributed by atoms with E-state index in [0.717, 1.165) is 44.3 Å². The number of hydrogen-bond donors (Lipinski definition) is 1. The average Bonchev–Trinajstić information content (AvgIpc) is 3.20. The lowest BCUT2D eigenvalue weighted by Gasteiger charge is -2.34. The summed E-state index contributed by atoms with van der Waals surface area (Å²) in [6.07, 6.45) is 4.63. The summed E-state index contributed by atoms with van der Waals surface area (Å²) in [5, 5.41) is 2.34. The molecule has 1 saturated carbocycles. The van der Waals surface area contributed by atoms with E-state index in [-0.39, 0.29) is 36.2 Å². The van der Waals surface area contributed by atoms with Crippen molar-refractivity contribution in [3.8, 4) is 5.75 Å². The van der Waals surface area contributed by atoms with Gasteiger partial charge in [-0.1, -0.05) is 0 Å². The molecular weight excluding hydrogens is 476 g/mol. The number of carbonyl (C=O) groups excluding carboxylic acids is 4. The highest BCUT2D eigenvalue weighted by atomic mass is 16.5. The molecule has 4 fully saturated rings. The number of ether oxygens (including phenoxy) is 2. The number of imide groups is 1. The molecule has 1 aromatic carbocycles. The van der Waals surface area contributed by atoms with Gasteiger partial charge in [-0.15, -0.1) is 0 Å². The molecule has 1 N–H and O–H groups in total. The van der Waals surface area contributed by atoms with Crippen molar-refractivity contribution in [3.63, 3.8) is 0 Å². The zero-order chi connectivity index (χ0) is 25.5. The number of carbonyl (C=O) groups is 4. The molecule has 37 heavy (non-hydrogen) atoms. The van der Waals surface area contributed by atoms with E-state index in [1.807, 2.05) is 17.0 Å². The van der Waals surface area contributed by atoms with Gasteiger partial charge < -0.3 is 19.3 Å². The lowest BCUT2D eigenvalue weighted by molar-refractivity contribution is -0.601. The molecule has 1 unspecified atom stereocenters. The number of fused-ring (bicyclic) bond motifs is 1. The van der Waals surface area contributed by atoms with Crippen LogP contribution in [0.2, 0.25) is 0 Å². The average molecular weight is 510 g/mol. The van der Waals surface area contributed by atoms with Gasteiger partial charge in [-0.2, -0.15) is 0 Å². The molecule has 1 aliphatic carbocycles. The zero-order valence-corrected chi connectivity index (χ0v) is 20.9. The summed E-state index contributed by atoms with van der Waals surface area (Å²) >= 11 is 0. The maximum Gasteiger partial charge on any atom is 0.255 e. The van der Waals surface area contributed by atoms with Gasteiger partial charge in [0.15, 0.2) is 30.8 Å². The molecule has 6 rings (SSSR count). The second kappa shape index (κ2) is 9.89. The van der Waals surface area contributed by atoms with Gasteiger partial charge in [0.25, 0.3) is 5.91 Å². The van der Waals surface area contributed by atoms with E-state index in [9.17, 15) is 19.2 Å².